The molecular weight excluding hydrogens is 722 g/mol. The molecule has 55 heavy (non-hydrogen) atoms. The molecule has 1 heterocycles. The first kappa shape index (κ1) is 42.0. The topological polar surface area (TPSA) is 217 Å². The standard InChI is InChI=1S/C38H45N3O14/c1-23-24(2)34(52-25(3)42)37(55-33(23)36(45)49-4)54-31-17-12-26(21-51-38(46)53-29-15-13-27(14-16-29)41(47)48)20-30(31)35(44)40-19-18-39-32(43)22-50-28-10-8-6-5-7-9-11-28/h12-17,20,23-24,28,33-34,37H,5-8,10,18-19,21-22H2,1-4H3,(H,39,43)(H,40,44)/t23-,24-,28?,33-,34+,37+/m0/s1. The maximum absolute atomic E-state index is 13.6. The summed E-state index contributed by atoms with van der Waals surface area (Å²) in [4.78, 5) is 73.4. The number of carbonyl (C=O) groups is 5. The van der Waals surface area contributed by atoms with E-state index in [2.05, 4.69) is 22.5 Å². The monoisotopic (exact) mass is 767 g/mol. The Morgan fingerprint density at radius 2 is 1.73 bits per heavy atom. The zero-order chi connectivity index (χ0) is 39.9. The minimum Gasteiger partial charge on any atom is -0.467 e. The number of carbonyl (C=O) groups excluding carboxylic acids is 5. The Bertz CT molecular complexity index is 1750. The highest BCUT2D eigenvalue weighted by atomic mass is 16.7. The molecule has 1 unspecified atom stereocenters. The number of non-ortho nitro benzene ring substituents is 1. The molecule has 296 valence electrons. The van der Waals surface area contributed by atoms with Gasteiger partial charge in [0.25, 0.3) is 11.6 Å². The van der Waals surface area contributed by atoms with Gasteiger partial charge in [0, 0.05) is 44.5 Å². The van der Waals surface area contributed by atoms with E-state index in [9.17, 15) is 34.1 Å². The first-order chi connectivity index (χ1) is 26.4. The molecule has 17 nitrogen and oxygen atoms in total. The minimum atomic E-state index is -1.34. The van der Waals surface area contributed by atoms with Crippen LogP contribution >= 0.6 is 0 Å². The molecule has 0 radical (unpaired) electrons. The van der Waals surface area contributed by atoms with Gasteiger partial charge in [-0.05, 0) is 55.0 Å². The summed E-state index contributed by atoms with van der Waals surface area (Å²) < 4.78 is 38.5. The van der Waals surface area contributed by atoms with E-state index in [1.54, 1.807) is 13.8 Å². The van der Waals surface area contributed by atoms with E-state index in [0.29, 0.717) is 5.56 Å². The minimum absolute atomic E-state index is 0.00447. The van der Waals surface area contributed by atoms with Gasteiger partial charge in [-0.2, -0.15) is 0 Å². The number of nitrogens with one attached hydrogen (secondary N) is 2. The molecule has 1 aliphatic carbocycles. The molecule has 0 spiro atoms. The van der Waals surface area contributed by atoms with E-state index in [0.717, 1.165) is 44.2 Å². The molecule has 2 N–H and O–H groups in total. The zero-order valence-electron chi connectivity index (χ0n) is 31.0. The maximum atomic E-state index is 13.6. The van der Waals surface area contributed by atoms with Crippen molar-refractivity contribution in [1.29, 1.82) is 0 Å². The third-order valence-electron chi connectivity index (χ3n) is 8.93. The van der Waals surface area contributed by atoms with Crippen LogP contribution in [0, 0.1) is 33.8 Å². The average molecular weight is 768 g/mol. The van der Waals surface area contributed by atoms with Crippen molar-refractivity contribution in [1.82, 2.24) is 10.6 Å². The van der Waals surface area contributed by atoms with Gasteiger partial charge < -0.3 is 43.8 Å². The molecule has 2 aromatic carbocycles. The summed E-state index contributed by atoms with van der Waals surface area (Å²) in [6, 6.07) is 9.10. The van der Waals surface area contributed by atoms with E-state index in [-0.39, 0.29) is 61.1 Å². The van der Waals surface area contributed by atoms with Crippen LogP contribution in [0.4, 0.5) is 10.5 Å². The largest absolute Gasteiger partial charge is 0.514 e. The van der Waals surface area contributed by atoms with Gasteiger partial charge in [-0.25, -0.2) is 9.59 Å². The Hall–Kier alpha value is -5.73. The Morgan fingerprint density at radius 1 is 0.982 bits per heavy atom. The summed E-state index contributed by atoms with van der Waals surface area (Å²) in [6.45, 7) is 4.26. The quantitative estimate of drug-likeness (QED) is 0.0499. The van der Waals surface area contributed by atoms with Crippen LogP contribution in [0.15, 0.2) is 42.5 Å². The highest BCUT2D eigenvalue weighted by Crippen LogP contribution is 2.35. The lowest BCUT2D eigenvalue weighted by Gasteiger charge is -2.42. The summed E-state index contributed by atoms with van der Waals surface area (Å²) >= 11 is 0. The molecule has 1 aliphatic heterocycles. The van der Waals surface area contributed by atoms with E-state index in [1.165, 1.54) is 44.4 Å². The van der Waals surface area contributed by atoms with Gasteiger partial charge in [-0.15, -0.1) is 5.92 Å². The molecule has 0 bridgehead atoms. The molecule has 1 saturated heterocycles. The average Bonchev–Trinajstić information content (AvgIpc) is 3.15. The van der Waals surface area contributed by atoms with Crippen molar-refractivity contribution < 1.29 is 62.1 Å². The smallest absolute Gasteiger partial charge is 0.467 e. The van der Waals surface area contributed by atoms with Crippen molar-refractivity contribution in [3.05, 3.63) is 63.7 Å². The molecule has 2 aromatic rings. The number of amides is 2. The lowest BCUT2D eigenvalue weighted by Crippen LogP contribution is -2.55. The van der Waals surface area contributed by atoms with Crippen molar-refractivity contribution in [3.8, 4) is 23.3 Å². The van der Waals surface area contributed by atoms with Crippen molar-refractivity contribution >= 4 is 35.6 Å². The predicted molar refractivity (Wildman–Crippen MR) is 191 cm³/mol. The predicted octanol–water partition coefficient (Wildman–Crippen LogP) is 3.99. The van der Waals surface area contributed by atoms with Crippen LogP contribution < -0.4 is 20.1 Å². The Labute approximate surface area is 317 Å². The van der Waals surface area contributed by atoms with Crippen molar-refractivity contribution in [2.45, 2.75) is 84.1 Å². The number of ether oxygens (including phenoxy) is 7. The van der Waals surface area contributed by atoms with Crippen LogP contribution in [0.3, 0.4) is 0 Å². The highest BCUT2D eigenvalue weighted by molar-refractivity contribution is 5.97. The second kappa shape index (κ2) is 20.7. The summed E-state index contributed by atoms with van der Waals surface area (Å²) in [5.74, 6) is 2.91. The van der Waals surface area contributed by atoms with E-state index < -0.39 is 59.3 Å². The third-order valence-corrected chi connectivity index (χ3v) is 8.93. The lowest BCUT2D eigenvalue weighted by atomic mass is 9.83. The van der Waals surface area contributed by atoms with Crippen LogP contribution in [0.5, 0.6) is 11.5 Å². The van der Waals surface area contributed by atoms with Gasteiger partial charge in [0.1, 0.15) is 30.8 Å². The number of nitro groups is 1. The van der Waals surface area contributed by atoms with Crippen molar-refractivity contribution in [2.24, 2.45) is 11.8 Å². The molecule has 0 saturated carbocycles. The second-order valence-corrected chi connectivity index (χ2v) is 12.9. The van der Waals surface area contributed by atoms with Gasteiger partial charge in [-0.1, -0.05) is 32.3 Å². The van der Waals surface area contributed by atoms with Gasteiger partial charge >= 0.3 is 18.1 Å². The fourth-order valence-corrected chi connectivity index (χ4v) is 5.78. The number of methoxy groups -OCH3 is 1. The first-order valence-corrected chi connectivity index (χ1v) is 17.8. The van der Waals surface area contributed by atoms with E-state index in [4.69, 9.17) is 33.2 Å². The van der Waals surface area contributed by atoms with Gasteiger partial charge in [0.15, 0.2) is 12.2 Å². The molecule has 6 atom stereocenters. The molecule has 2 amide bonds. The molecule has 2 aliphatic rings. The number of benzene rings is 2. The summed E-state index contributed by atoms with van der Waals surface area (Å²) in [5.41, 5.74) is 0.0910. The molecule has 17 heteroatoms. The Balaban J connectivity index is 1.46. The second-order valence-electron chi connectivity index (χ2n) is 12.9. The molecular formula is C38H45N3O14. The normalized spacial score (nSPS) is 21.9. The zero-order valence-corrected chi connectivity index (χ0v) is 31.0. The van der Waals surface area contributed by atoms with Crippen LogP contribution in [0.2, 0.25) is 0 Å². The summed E-state index contributed by atoms with van der Waals surface area (Å²) in [7, 11) is 1.21. The third kappa shape index (κ3) is 12.7. The lowest BCUT2D eigenvalue weighted by molar-refractivity contribution is -0.384. The Kier molecular flexibility index (Phi) is 15.8. The van der Waals surface area contributed by atoms with E-state index >= 15 is 0 Å². The number of nitro benzene ring substituents is 1. The van der Waals surface area contributed by atoms with E-state index in [1.807, 2.05) is 0 Å². The Morgan fingerprint density at radius 3 is 2.44 bits per heavy atom. The number of nitrogens with zero attached hydrogens (tertiary/aromatic N) is 1. The number of hydrogen-bond acceptors (Lipinski definition) is 14. The van der Waals surface area contributed by atoms with Crippen molar-refractivity contribution in [2.75, 3.05) is 26.8 Å². The van der Waals surface area contributed by atoms with Gasteiger partial charge in [0.05, 0.1) is 17.6 Å². The fraction of sp³-hybridized carbons (Fsp3) is 0.500. The SMILES string of the molecule is COC(=O)[C@H]1O[C@@H](Oc2ccc(COC(=O)Oc3ccc([N+](=O)[O-])cc3)cc2C(=O)NCCNC(=O)COC2C#CCCCCC2)[C@H](OC(C)=O)[C@@H](C)[C@@H]1C. The number of rotatable bonds is 15. The molecule has 1 fully saturated rings. The summed E-state index contributed by atoms with van der Waals surface area (Å²) in [6.07, 6.45) is -0.180. The van der Waals surface area contributed by atoms with Crippen LogP contribution in [0.25, 0.3) is 0 Å². The van der Waals surface area contributed by atoms with Gasteiger partial charge in [0.2, 0.25) is 12.2 Å². The number of esters is 2. The number of hydrogen-bond donors (Lipinski definition) is 2. The molecule has 4 rings (SSSR count). The summed E-state index contributed by atoms with van der Waals surface area (Å²) in [5, 5.41) is 16.3. The van der Waals surface area contributed by atoms with Crippen LogP contribution in [-0.2, 0) is 44.7 Å². The van der Waals surface area contributed by atoms with Crippen molar-refractivity contribution in [3.63, 3.8) is 0 Å². The van der Waals surface area contributed by atoms with Crippen LogP contribution in [-0.4, -0.2) is 86.2 Å². The van der Waals surface area contributed by atoms with Crippen LogP contribution in [0.1, 0.15) is 68.8 Å². The highest BCUT2D eigenvalue weighted by Gasteiger charge is 2.48. The fourth-order valence-electron chi connectivity index (χ4n) is 5.78. The van der Waals surface area contributed by atoms with Gasteiger partial charge in [-0.3, -0.25) is 24.5 Å². The molecule has 0 aromatic heterocycles. The first-order valence-electron chi connectivity index (χ1n) is 17.8. The maximum Gasteiger partial charge on any atom is 0.514 e.